The fraction of sp³-hybridized carbons (Fsp3) is 0.100. The Balaban J connectivity index is 1.55. The Morgan fingerprint density at radius 3 is 2.77 bits per heavy atom. The molecule has 0 spiro atoms. The number of ether oxygens (including phenoxy) is 1. The average molecular weight is 371 g/mol. The van der Waals surface area contributed by atoms with Crippen LogP contribution in [0.1, 0.15) is 16.7 Å². The lowest BCUT2D eigenvalue weighted by molar-refractivity contribution is -0.138. The highest BCUT2D eigenvalue weighted by Gasteiger charge is 2.09. The topological polar surface area (TPSA) is 44.1 Å². The maximum Gasteiger partial charge on any atom is 0.331 e. The highest BCUT2D eigenvalue weighted by atomic mass is 35.5. The van der Waals surface area contributed by atoms with Gasteiger partial charge in [0.05, 0.1) is 17.8 Å². The molecule has 4 nitrogen and oxygen atoms in total. The van der Waals surface area contributed by atoms with Crippen LogP contribution in [0.5, 0.6) is 0 Å². The molecule has 132 valence electrons. The van der Waals surface area contributed by atoms with Crippen LogP contribution in [-0.4, -0.2) is 15.7 Å². The molecular formula is C20H16ClFN2O2. The van der Waals surface area contributed by atoms with Gasteiger partial charge in [-0.25, -0.2) is 9.18 Å². The largest absolute Gasteiger partial charge is 0.457 e. The van der Waals surface area contributed by atoms with Crippen LogP contribution in [0.2, 0.25) is 5.02 Å². The summed E-state index contributed by atoms with van der Waals surface area (Å²) in [5, 5.41) is 4.48. The van der Waals surface area contributed by atoms with Crippen LogP contribution in [0.3, 0.4) is 0 Å². The maximum absolute atomic E-state index is 13.6. The van der Waals surface area contributed by atoms with Gasteiger partial charge in [0.1, 0.15) is 12.4 Å². The molecule has 0 N–H and O–H groups in total. The third-order valence-corrected chi connectivity index (χ3v) is 4.03. The standard InChI is InChI=1S/C20H16ClFN2O2/c21-18-7-4-8-19(22)17(18)14-26-20(25)10-9-16-11-23-24(13-16)12-15-5-2-1-3-6-15/h1-11,13H,12,14H2/b10-9+. The van der Waals surface area contributed by atoms with Gasteiger partial charge >= 0.3 is 5.97 Å². The van der Waals surface area contributed by atoms with Crippen LogP contribution in [-0.2, 0) is 22.7 Å². The lowest BCUT2D eigenvalue weighted by atomic mass is 10.2. The first-order valence-electron chi connectivity index (χ1n) is 7.96. The van der Waals surface area contributed by atoms with E-state index in [2.05, 4.69) is 5.10 Å². The number of carbonyl (C=O) groups excluding carboxylic acids is 1. The van der Waals surface area contributed by atoms with Crippen molar-refractivity contribution >= 4 is 23.6 Å². The summed E-state index contributed by atoms with van der Waals surface area (Å²) in [6.07, 6.45) is 6.35. The summed E-state index contributed by atoms with van der Waals surface area (Å²) >= 11 is 5.89. The van der Waals surface area contributed by atoms with Crippen molar-refractivity contribution in [2.75, 3.05) is 0 Å². The van der Waals surface area contributed by atoms with Gasteiger partial charge in [0.25, 0.3) is 0 Å². The van der Waals surface area contributed by atoms with Crippen molar-refractivity contribution in [3.63, 3.8) is 0 Å². The molecule has 2 aromatic carbocycles. The number of esters is 1. The van der Waals surface area contributed by atoms with Crippen molar-refractivity contribution in [2.24, 2.45) is 0 Å². The molecule has 3 rings (SSSR count). The van der Waals surface area contributed by atoms with Gasteiger partial charge in [-0.15, -0.1) is 0 Å². The number of rotatable bonds is 6. The zero-order valence-corrected chi connectivity index (χ0v) is 14.6. The molecule has 0 unspecified atom stereocenters. The molecule has 0 saturated heterocycles. The molecule has 0 amide bonds. The average Bonchev–Trinajstić information content (AvgIpc) is 3.08. The second kappa shape index (κ2) is 8.45. The molecule has 0 aliphatic carbocycles. The normalized spacial score (nSPS) is 11.0. The number of nitrogens with zero attached hydrogens (tertiary/aromatic N) is 2. The van der Waals surface area contributed by atoms with E-state index in [0.717, 1.165) is 11.1 Å². The molecule has 0 bridgehead atoms. The monoisotopic (exact) mass is 370 g/mol. The zero-order valence-electron chi connectivity index (χ0n) is 13.8. The lowest BCUT2D eigenvalue weighted by Gasteiger charge is -2.05. The van der Waals surface area contributed by atoms with Gasteiger partial charge in [-0.05, 0) is 23.8 Å². The van der Waals surface area contributed by atoms with E-state index in [-0.39, 0.29) is 17.2 Å². The van der Waals surface area contributed by atoms with Gasteiger partial charge in [0.2, 0.25) is 0 Å². The minimum absolute atomic E-state index is 0.159. The smallest absolute Gasteiger partial charge is 0.331 e. The number of benzene rings is 2. The Bertz CT molecular complexity index is 902. The number of aromatic nitrogens is 2. The first-order valence-corrected chi connectivity index (χ1v) is 8.34. The van der Waals surface area contributed by atoms with Gasteiger partial charge in [-0.1, -0.05) is 48.0 Å². The molecule has 0 atom stereocenters. The van der Waals surface area contributed by atoms with Gasteiger partial charge in [0.15, 0.2) is 0 Å². The number of hydrogen-bond donors (Lipinski definition) is 0. The van der Waals surface area contributed by atoms with Gasteiger partial charge in [-0.3, -0.25) is 4.68 Å². The van der Waals surface area contributed by atoms with Crippen molar-refractivity contribution < 1.29 is 13.9 Å². The molecular weight excluding hydrogens is 355 g/mol. The van der Waals surface area contributed by atoms with Crippen molar-refractivity contribution in [1.82, 2.24) is 9.78 Å². The lowest BCUT2D eigenvalue weighted by Crippen LogP contribution is -2.03. The van der Waals surface area contributed by atoms with Gasteiger partial charge in [0, 0.05) is 23.4 Å². The summed E-state index contributed by atoms with van der Waals surface area (Å²) < 4.78 is 20.4. The molecule has 0 saturated carbocycles. The fourth-order valence-electron chi connectivity index (χ4n) is 2.35. The highest BCUT2D eigenvalue weighted by Crippen LogP contribution is 2.19. The second-order valence-corrected chi connectivity index (χ2v) is 6.01. The Morgan fingerprint density at radius 2 is 2.00 bits per heavy atom. The summed E-state index contributed by atoms with van der Waals surface area (Å²) in [5.74, 6) is -1.09. The molecule has 0 aliphatic rings. The van der Waals surface area contributed by atoms with E-state index < -0.39 is 11.8 Å². The zero-order chi connectivity index (χ0) is 18.4. The first-order chi connectivity index (χ1) is 12.6. The molecule has 26 heavy (non-hydrogen) atoms. The van der Waals surface area contributed by atoms with E-state index in [9.17, 15) is 9.18 Å². The van der Waals surface area contributed by atoms with E-state index in [1.807, 2.05) is 36.5 Å². The van der Waals surface area contributed by atoms with Crippen molar-refractivity contribution in [3.8, 4) is 0 Å². The van der Waals surface area contributed by atoms with Crippen LogP contribution in [0.15, 0.2) is 67.0 Å². The SMILES string of the molecule is O=C(/C=C/c1cnn(Cc2ccccc2)c1)OCc1c(F)cccc1Cl. The minimum atomic E-state index is -0.583. The Hall–Kier alpha value is -2.92. The molecule has 1 heterocycles. The quantitative estimate of drug-likeness (QED) is 0.474. The summed E-state index contributed by atoms with van der Waals surface area (Å²) in [6.45, 7) is 0.423. The third-order valence-electron chi connectivity index (χ3n) is 3.67. The van der Waals surface area contributed by atoms with Crippen LogP contribution in [0.4, 0.5) is 4.39 Å². The molecule has 0 aliphatic heterocycles. The van der Waals surface area contributed by atoms with Crippen LogP contribution in [0, 0.1) is 5.82 Å². The van der Waals surface area contributed by atoms with E-state index in [4.69, 9.17) is 16.3 Å². The molecule has 1 aromatic heterocycles. The summed E-state index contributed by atoms with van der Waals surface area (Å²) in [7, 11) is 0. The van der Waals surface area contributed by atoms with Gasteiger partial charge in [-0.2, -0.15) is 5.10 Å². The molecule has 0 radical (unpaired) electrons. The molecule has 0 fully saturated rings. The molecule has 3 aromatic rings. The van der Waals surface area contributed by atoms with E-state index in [1.165, 1.54) is 18.2 Å². The maximum atomic E-state index is 13.6. The summed E-state index contributed by atoms with van der Waals surface area (Å²) in [5.41, 5.74) is 2.06. The van der Waals surface area contributed by atoms with Crippen molar-refractivity contribution in [3.05, 3.63) is 94.5 Å². The fourth-order valence-corrected chi connectivity index (χ4v) is 2.57. The Labute approximate surface area is 155 Å². The van der Waals surface area contributed by atoms with E-state index >= 15 is 0 Å². The van der Waals surface area contributed by atoms with Crippen molar-refractivity contribution in [2.45, 2.75) is 13.2 Å². The Morgan fingerprint density at radius 1 is 1.19 bits per heavy atom. The first kappa shape index (κ1) is 17.9. The van der Waals surface area contributed by atoms with Crippen LogP contribution in [0.25, 0.3) is 6.08 Å². The van der Waals surface area contributed by atoms with E-state index in [0.29, 0.717) is 6.54 Å². The predicted molar refractivity (Wildman–Crippen MR) is 98.0 cm³/mol. The number of hydrogen-bond acceptors (Lipinski definition) is 3. The Kier molecular flexibility index (Phi) is 5.81. The van der Waals surface area contributed by atoms with Crippen LogP contribution < -0.4 is 0 Å². The predicted octanol–water partition coefficient (Wildman–Crippen LogP) is 4.48. The summed E-state index contributed by atoms with van der Waals surface area (Å²) in [4.78, 5) is 11.8. The third kappa shape index (κ3) is 4.80. The number of carbonyl (C=O) groups is 1. The minimum Gasteiger partial charge on any atom is -0.457 e. The van der Waals surface area contributed by atoms with Gasteiger partial charge < -0.3 is 4.74 Å². The number of halogens is 2. The highest BCUT2D eigenvalue weighted by molar-refractivity contribution is 6.31. The van der Waals surface area contributed by atoms with Crippen LogP contribution >= 0.6 is 11.6 Å². The summed E-state index contributed by atoms with van der Waals surface area (Å²) in [6, 6.07) is 14.2. The van der Waals surface area contributed by atoms with Crippen molar-refractivity contribution in [1.29, 1.82) is 0 Å². The molecule has 6 heteroatoms. The second-order valence-electron chi connectivity index (χ2n) is 5.60. The van der Waals surface area contributed by atoms with E-state index in [1.54, 1.807) is 23.0 Å².